The Labute approximate surface area is 103 Å². The maximum absolute atomic E-state index is 9.22. The van der Waals surface area contributed by atoms with E-state index in [9.17, 15) is 5.11 Å². The molecule has 1 aromatic rings. The van der Waals surface area contributed by atoms with Gasteiger partial charge in [0.25, 0.3) is 0 Å². The van der Waals surface area contributed by atoms with Crippen LogP contribution in [0.1, 0.15) is 26.7 Å². The molecule has 0 unspecified atom stereocenters. The Hall–Kier alpha value is -0.740. The third-order valence-electron chi connectivity index (χ3n) is 2.39. The quantitative estimate of drug-likeness (QED) is 0.809. The van der Waals surface area contributed by atoms with Gasteiger partial charge in [-0.1, -0.05) is 13.8 Å². The van der Waals surface area contributed by atoms with E-state index in [1.807, 2.05) is 13.2 Å². The van der Waals surface area contributed by atoms with Crippen molar-refractivity contribution in [1.82, 2.24) is 9.78 Å². The first-order valence-electron chi connectivity index (χ1n) is 5.48. The normalized spacial score (nSPS) is 12.3. The van der Waals surface area contributed by atoms with E-state index in [1.165, 1.54) is 0 Å². The number of aliphatic hydroxyl groups is 1. The summed E-state index contributed by atoms with van der Waals surface area (Å²) in [5.74, 6) is 0.676. The summed E-state index contributed by atoms with van der Waals surface area (Å²) in [5.41, 5.74) is 0.973. The van der Waals surface area contributed by atoms with Crippen LogP contribution in [0.5, 0.6) is 0 Å². The number of rotatable bonds is 6. The van der Waals surface area contributed by atoms with Crippen molar-refractivity contribution < 1.29 is 5.11 Å². The average molecular weight is 248 g/mol. The fourth-order valence-corrected chi connectivity index (χ4v) is 1.48. The van der Waals surface area contributed by atoms with Crippen LogP contribution >= 0.6 is 12.4 Å². The lowest BCUT2D eigenvalue weighted by Gasteiger charge is -2.17. The van der Waals surface area contributed by atoms with E-state index in [2.05, 4.69) is 24.3 Å². The van der Waals surface area contributed by atoms with Crippen LogP contribution < -0.4 is 5.32 Å². The first kappa shape index (κ1) is 15.3. The number of nitrogens with one attached hydrogen (secondary N) is 1. The zero-order chi connectivity index (χ0) is 11.3. The number of hydrogen-bond acceptors (Lipinski definition) is 3. The molecule has 0 fully saturated rings. The number of nitrogens with zero attached hydrogens (tertiary/aromatic N) is 2. The van der Waals surface area contributed by atoms with E-state index in [1.54, 1.807) is 10.9 Å². The van der Waals surface area contributed by atoms with E-state index >= 15 is 0 Å². The number of anilines is 1. The lowest BCUT2D eigenvalue weighted by molar-refractivity contribution is 0.263. The molecular formula is C11H22ClN3O. The summed E-state index contributed by atoms with van der Waals surface area (Å²) in [6.45, 7) is 4.55. The molecule has 5 heteroatoms. The second-order valence-corrected chi connectivity index (χ2v) is 4.40. The molecule has 0 aliphatic heterocycles. The largest absolute Gasteiger partial charge is 0.394 e. The topological polar surface area (TPSA) is 50.1 Å². The summed E-state index contributed by atoms with van der Waals surface area (Å²) >= 11 is 0. The minimum absolute atomic E-state index is 0. The number of aliphatic hydroxyl groups excluding tert-OH is 1. The summed E-state index contributed by atoms with van der Waals surface area (Å²) < 4.78 is 1.75. The number of aromatic nitrogens is 2. The Bertz CT molecular complexity index is 289. The molecule has 16 heavy (non-hydrogen) atoms. The van der Waals surface area contributed by atoms with E-state index in [0.29, 0.717) is 5.92 Å². The van der Waals surface area contributed by atoms with E-state index in [4.69, 9.17) is 0 Å². The highest BCUT2D eigenvalue weighted by molar-refractivity contribution is 5.85. The first-order chi connectivity index (χ1) is 7.11. The lowest BCUT2D eigenvalue weighted by atomic mass is 10.0. The molecule has 1 atom stereocenters. The Balaban J connectivity index is 0.00000225. The molecule has 0 aromatic carbocycles. The van der Waals surface area contributed by atoms with Crippen LogP contribution in [0.4, 0.5) is 5.69 Å². The van der Waals surface area contributed by atoms with Crippen molar-refractivity contribution in [3.8, 4) is 0 Å². The van der Waals surface area contributed by atoms with E-state index in [-0.39, 0.29) is 25.1 Å². The maximum Gasteiger partial charge on any atom is 0.0729 e. The second-order valence-electron chi connectivity index (χ2n) is 4.40. The van der Waals surface area contributed by atoms with Gasteiger partial charge in [-0.05, 0) is 18.8 Å². The van der Waals surface area contributed by atoms with Crippen LogP contribution in [0.3, 0.4) is 0 Å². The van der Waals surface area contributed by atoms with Crippen LogP contribution in [-0.2, 0) is 7.05 Å². The van der Waals surface area contributed by atoms with Crippen molar-refractivity contribution in [1.29, 1.82) is 0 Å². The molecule has 0 saturated heterocycles. The predicted octanol–water partition coefficient (Wildman–Crippen LogP) is 2.05. The van der Waals surface area contributed by atoms with Crippen LogP contribution in [0.2, 0.25) is 0 Å². The van der Waals surface area contributed by atoms with Gasteiger partial charge in [0.05, 0.1) is 18.5 Å². The van der Waals surface area contributed by atoms with Gasteiger partial charge in [-0.2, -0.15) is 5.10 Å². The molecule has 0 amide bonds. The zero-order valence-corrected chi connectivity index (χ0v) is 11.0. The Kier molecular flexibility index (Phi) is 7.17. The van der Waals surface area contributed by atoms with Crippen molar-refractivity contribution in [2.75, 3.05) is 11.9 Å². The molecule has 0 radical (unpaired) electrons. The van der Waals surface area contributed by atoms with Gasteiger partial charge in [-0.15, -0.1) is 12.4 Å². The third kappa shape index (κ3) is 5.37. The highest BCUT2D eigenvalue weighted by Crippen LogP contribution is 2.12. The molecule has 4 nitrogen and oxygen atoms in total. The first-order valence-corrected chi connectivity index (χ1v) is 5.48. The number of aryl methyl sites for hydroxylation is 1. The highest BCUT2D eigenvalue weighted by atomic mass is 35.5. The molecule has 0 bridgehead atoms. The summed E-state index contributed by atoms with van der Waals surface area (Å²) in [5, 5.41) is 16.6. The van der Waals surface area contributed by atoms with Gasteiger partial charge in [0, 0.05) is 19.3 Å². The monoisotopic (exact) mass is 247 g/mol. The molecule has 1 rings (SSSR count). The van der Waals surface area contributed by atoms with Crippen molar-refractivity contribution in [2.24, 2.45) is 13.0 Å². The molecular weight excluding hydrogens is 226 g/mol. The molecule has 1 aromatic heterocycles. The van der Waals surface area contributed by atoms with Gasteiger partial charge in [-0.25, -0.2) is 0 Å². The van der Waals surface area contributed by atoms with Gasteiger partial charge in [0.15, 0.2) is 0 Å². The van der Waals surface area contributed by atoms with Crippen molar-refractivity contribution in [3.63, 3.8) is 0 Å². The minimum Gasteiger partial charge on any atom is -0.394 e. The molecule has 0 saturated carbocycles. The Morgan fingerprint density at radius 1 is 1.44 bits per heavy atom. The zero-order valence-electron chi connectivity index (χ0n) is 10.2. The number of hydrogen-bond donors (Lipinski definition) is 2. The smallest absolute Gasteiger partial charge is 0.0729 e. The van der Waals surface area contributed by atoms with E-state index in [0.717, 1.165) is 18.5 Å². The fraction of sp³-hybridized carbons (Fsp3) is 0.727. The number of halogens is 1. The van der Waals surface area contributed by atoms with Gasteiger partial charge in [0.2, 0.25) is 0 Å². The van der Waals surface area contributed by atoms with Gasteiger partial charge in [-0.3, -0.25) is 4.68 Å². The van der Waals surface area contributed by atoms with Gasteiger partial charge >= 0.3 is 0 Å². The minimum atomic E-state index is 0. The van der Waals surface area contributed by atoms with Crippen LogP contribution in [0, 0.1) is 5.92 Å². The molecule has 94 valence electrons. The second kappa shape index (κ2) is 7.52. The summed E-state index contributed by atoms with van der Waals surface area (Å²) in [6, 6.07) is 0.136. The summed E-state index contributed by atoms with van der Waals surface area (Å²) in [7, 11) is 1.88. The Morgan fingerprint density at radius 3 is 2.56 bits per heavy atom. The summed E-state index contributed by atoms with van der Waals surface area (Å²) in [4.78, 5) is 0. The van der Waals surface area contributed by atoms with Crippen LogP contribution in [0.25, 0.3) is 0 Å². The lowest BCUT2D eigenvalue weighted by Crippen LogP contribution is -2.24. The average Bonchev–Trinajstić information content (AvgIpc) is 2.58. The van der Waals surface area contributed by atoms with Crippen LogP contribution in [-0.4, -0.2) is 27.5 Å². The third-order valence-corrected chi connectivity index (χ3v) is 2.39. The molecule has 2 N–H and O–H groups in total. The van der Waals surface area contributed by atoms with Gasteiger partial charge < -0.3 is 10.4 Å². The highest BCUT2D eigenvalue weighted by Gasteiger charge is 2.08. The maximum atomic E-state index is 9.22. The van der Waals surface area contributed by atoms with Crippen molar-refractivity contribution in [2.45, 2.75) is 32.7 Å². The Morgan fingerprint density at radius 2 is 2.12 bits per heavy atom. The molecule has 0 aliphatic carbocycles. The fourth-order valence-electron chi connectivity index (χ4n) is 1.48. The van der Waals surface area contributed by atoms with Crippen LogP contribution in [0.15, 0.2) is 12.4 Å². The van der Waals surface area contributed by atoms with Crippen molar-refractivity contribution >= 4 is 18.1 Å². The summed E-state index contributed by atoms with van der Waals surface area (Å²) in [6.07, 6.45) is 5.80. The van der Waals surface area contributed by atoms with Gasteiger partial charge in [0.1, 0.15) is 0 Å². The van der Waals surface area contributed by atoms with E-state index < -0.39 is 0 Å². The predicted molar refractivity (Wildman–Crippen MR) is 69.0 cm³/mol. The van der Waals surface area contributed by atoms with Crippen molar-refractivity contribution in [3.05, 3.63) is 12.4 Å². The standard InChI is InChI=1S/C11H21N3O.ClH/c1-9(2)4-5-10(8-15)13-11-6-12-14(3)7-11;/h6-7,9-10,13,15H,4-5,8H2,1-3H3;1H/t10-;/m1./s1. The molecule has 0 aliphatic rings. The SMILES string of the molecule is CC(C)CC[C@H](CO)Nc1cnn(C)c1.Cl. The molecule has 1 heterocycles. The molecule has 0 spiro atoms.